The van der Waals surface area contributed by atoms with Crippen molar-refractivity contribution in [1.29, 1.82) is 0 Å². The minimum absolute atomic E-state index is 0.197. The van der Waals surface area contributed by atoms with Crippen LogP contribution in [0.5, 0.6) is 0 Å². The van der Waals surface area contributed by atoms with Gasteiger partial charge >= 0.3 is 0 Å². The molecule has 0 aromatic heterocycles. The van der Waals surface area contributed by atoms with Crippen LogP contribution in [0.15, 0.2) is 59.1 Å². The second-order valence-corrected chi connectivity index (χ2v) is 6.18. The number of para-hydroxylation sites is 1. The van der Waals surface area contributed by atoms with E-state index in [1.165, 1.54) is 0 Å². The fraction of sp³-hybridized carbons (Fsp3) is 0.188. The Hall–Kier alpha value is -1.47. The van der Waals surface area contributed by atoms with E-state index >= 15 is 0 Å². The molecule has 1 aliphatic rings. The van der Waals surface area contributed by atoms with Crippen LogP contribution in [0.25, 0.3) is 0 Å². The van der Waals surface area contributed by atoms with Crippen molar-refractivity contribution in [2.45, 2.75) is 6.23 Å². The highest BCUT2D eigenvalue weighted by atomic mass is 79.9. The molecule has 0 saturated carbocycles. The lowest BCUT2D eigenvalue weighted by Gasteiger charge is -2.35. The first-order chi connectivity index (χ1) is 10.7. The number of nitrogens with one attached hydrogen (secondary N) is 2. The SMILES string of the molecule is S=C(Nc1ccccc1)N1CCOC(c2ccc(Br)cc2)N1. The van der Waals surface area contributed by atoms with Crippen LogP contribution in [0.4, 0.5) is 5.69 Å². The summed E-state index contributed by atoms with van der Waals surface area (Å²) in [6, 6.07) is 17.9. The predicted molar refractivity (Wildman–Crippen MR) is 95.3 cm³/mol. The molecular weight excluding hydrogens is 362 g/mol. The van der Waals surface area contributed by atoms with Gasteiger partial charge in [-0.2, -0.15) is 5.43 Å². The van der Waals surface area contributed by atoms with Crippen LogP contribution >= 0.6 is 28.1 Å². The molecule has 1 atom stereocenters. The van der Waals surface area contributed by atoms with E-state index in [4.69, 9.17) is 17.0 Å². The molecule has 1 fully saturated rings. The van der Waals surface area contributed by atoms with Crippen LogP contribution in [-0.4, -0.2) is 23.3 Å². The van der Waals surface area contributed by atoms with Gasteiger partial charge in [-0.25, -0.2) is 0 Å². The van der Waals surface area contributed by atoms with Crippen molar-refractivity contribution in [3.63, 3.8) is 0 Å². The third-order valence-corrected chi connectivity index (χ3v) is 4.17. The highest BCUT2D eigenvalue weighted by Gasteiger charge is 2.22. The second-order valence-electron chi connectivity index (χ2n) is 4.88. The van der Waals surface area contributed by atoms with Gasteiger partial charge in [-0.05, 0) is 42.0 Å². The van der Waals surface area contributed by atoms with E-state index in [-0.39, 0.29) is 6.23 Å². The third kappa shape index (κ3) is 3.84. The summed E-state index contributed by atoms with van der Waals surface area (Å²) >= 11 is 8.91. The molecule has 0 radical (unpaired) electrons. The molecule has 2 aromatic carbocycles. The van der Waals surface area contributed by atoms with E-state index in [0.29, 0.717) is 18.3 Å². The Kier molecular flexibility index (Phi) is 5.04. The van der Waals surface area contributed by atoms with Gasteiger partial charge in [-0.15, -0.1) is 0 Å². The maximum atomic E-state index is 5.78. The summed E-state index contributed by atoms with van der Waals surface area (Å²) < 4.78 is 6.83. The van der Waals surface area contributed by atoms with Crippen molar-refractivity contribution < 1.29 is 4.74 Å². The summed E-state index contributed by atoms with van der Waals surface area (Å²) in [6.45, 7) is 1.32. The molecule has 114 valence electrons. The average Bonchev–Trinajstić information content (AvgIpc) is 2.56. The number of thiocarbonyl (C=S) groups is 1. The summed E-state index contributed by atoms with van der Waals surface area (Å²) in [4.78, 5) is 0. The molecule has 2 N–H and O–H groups in total. The lowest BCUT2D eigenvalue weighted by molar-refractivity contribution is -0.0582. The molecular formula is C16H16BrN3OS. The monoisotopic (exact) mass is 377 g/mol. The molecule has 0 amide bonds. The number of rotatable bonds is 2. The fourth-order valence-electron chi connectivity index (χ4n) is 2.19. The molecule has 0 bridgehead atoms. The van der Waals surface area contributed by atoms with E-state index in [1.54, 1.807) is 0 Å². The van der Waals surface area contributed by atoms with Gasteiger partial charge in [0.15, 0.2) is 11.3 Å². The molecule has 1 unspecified atom stereocenters. The largest absolute Gasteiger partial charge is 0.356 e. The van der Waals surface area contributed by atoms with Gasteiger partial charge < -0.3 is 10.1 Å². The minimum Gasteiger partial charge on any atom is -0.356 e. The molecule has 1 saturated heterocycles. The quantitative estimate of drug-likeness (QED) is 0.780. The Morgan fingerprint density at radius 1 is 1.18 bits per heavy atom. The summed E-state index contributed by atoms with van der Waals surface area (Å²) in [5, 5.41) is 5.78. The van der Waals surface area contributed by atoms with Crippen LogP contribution in [0.2, 0.25) is 0 Å². The van der Waals surface area contributed by atoms with E-state index in [2.05, 4.69) is 26.7 Å². The molecule has 0 spiro atoms. The van der Waals surface area contributed by atoms with Crippen molar-refractivity contribution in [3.05, 3.63) is 64.6 Å². The maximum absolute atomic E-state index is 5.78. The number of hydrogen-bond donors (Lipinski definition) is 2. The average molecular weight is 378 g/mol. The Balaban J connectivity index is 1.65. The molecule has 3 rings (SSSR count). The number of nitrogens with zero attached hydrogens (tertiary/aromatic N) is 1. The first kappa shape index (κ1) is 15.4. The van der Waals surface area contributed by atoms with E-state index < -0.39 is 0 Å². The Morgan fingerprint density at radius 3 is 2.64 bits per heavy atom. The zero-order chi connectivity index (χ0) is 15.4. The predicted octanol–water partition coefficient (Wildman–Crippen LogP) is 3.68. The van der Waals surface area contributed by atoms with Crippen molar-refractivity contribution in [3.8, 4) is 0 Å². The normalized spacial score (nSPS) is 18.0. The van der Waals surface area contributed by atoms with E-state index in [9.17, 15) is 0 Å². The first-order valence-corrected chi connectivity index (χ1v) is 8.19. The zero-order valence-corrected chi connectivity index (χ0v) is 14.2. The van der Waals surface area contributed by atoms with Gasteiger partial charge in [0.1, 0.15) is 0 Å². The smallest absolute Gasteiger partial charge is 0.188 e. The number of anilines is 1. The Bertz CT molecular complexity index is 636. The number of halogens is 1. The lowest BCUT2D eigenvalue weighted by atomic mass is 10.2. The number of hydrazine groups is 1. The molecule has 1 heterocycles. The number of benzene rings is 2. The van der Waals surface area contributed by atoms with Crippen molar-refractivity contribution >= 4 is 38.9 Å². The fourth-order valence-corrected chi connectivity index (χ4v) is 2.71. The highest BCUT2D eigenvalue weighted by molar-refractivity contribution is 9.10. The Morgan fingerprint density at radius 2 is 1.91 bits per heavy atom. The molecule has 1 aliphatic heterocycles. The highest BCUT2D eigenvalue weighted by Crippen LogP contribution is 2.21. The van der Waals surface area contributed by atoms with E-state index in [0.717, 1.165) is 15.7 Å². The number of ether oxygens (including phenoxy) is 1. The number of hydrogen-bond acceptors (Lipinski definition) is 3. The summed E-state index contributed by atoms with van der Waals surface area (Å²) in [5.41, 5.74) is 5.34. The van der Waals surface area contributed by atoms with Gasteiger partial charge in [0.25, 0.3) is 0 Å². The Labute approximate surface area is 143 Å². The standard InChI is InChI=1S/C16H16BrN3OS/c17-13-8-6-12(7-9-13)15-19-20(10-11-21-15)16(22)18-14-4-2-1-3-5-14/h1-9,15,19H,10-11H2,(H,18,22). The van der Waals surface area contributed by atoms with Crippen LogP contribution < -0.4 is 10.7 Å². The molecule has 2 aromatic rings. The van der Waals surface area contributed by atoms with Crippen molar-refractivity contribution in [2.24, 2.45) is 0 Å². The molecule has 22 heavy (non-hydrogen) atoms. The van der Waals surface area contributed by atoms with Crippen molar-refractivity contribution in [1.82, 2.24) is 10.4 Å². The minimum atomic E-state index is -0.197. The second kappa shape index (κ2) is 7.19. The molecule has 4 nitrogen and oxygen atoms in total. The van der Waals surface area contributed by atoms with Crippen LogP contribution in [0.1, 0.15) is 11.8 Å². The maximum Gasteiger partial charge on any atom is 0.188 e. The summed E-state index contributed by atoms with van der Waals surface area (Å²) in [7, 11) is 0. The van der Waals surface area contributed by atoms with Gasteiger partial charge in [0, 0.05) is 10.2 Å². The van der Waals surface area contributed by atoms with E-state index in [1.807, 2.05) is 59.6 Å². The third-order valence-electron chi connectivity index (χ3n) is 3.32. The lowest BCUT2D eigenvalue weighted by Crippen LogP contribution is -2.52. The van der Waals surface area contributed by atoms with Gasteiger partial charge in [0.05, 0.1) is 13.2 Å². The van der Waals surface area contributed by atoms with Crippen LogP contribution in [-0.2, 0) is 4.74 Å². The van der Waals surface area contributed by atoms with Crippen LogP contribution in [0, 0.1) is 0 Å². The van der Waals surface area contributed by atoms with Crippen LogP contribution in [0.3, 0.4) is 0 Å². The summed E-state index contributed by atoms with van der Waals surface area (Å²) in [5.74, 6) is 0. The topological polar surface area (TPSA) is 36.5 Å². The molecule has 6 heteroatoms. The first-order valence-electron chi connectivity index (χ1n) is 6.99. The zero-order valence-electron chi connectivity index (χ0n) is 11.8. The van der Waals surface area contributed by atoms with Gasteiger partial charge in [0.2, 0.25) is 0 Å². The molecule has 0 aliphatic carbocycles. The van der Waals surface area contributed by atoms with Crippen molar-refractivity contribution in [2.75, 3.05) is 18.5 Å². The summed E-state index contributed by atoms with van der Waals surface area (Å²) in [6.07, 6.45) is -0.197. The van der Waals surface area contributed by atoms with Gasteiger partial charge in [-0.3, -0.25) is 5.01 Å². The van der Waals surface area contributed by atoms with Gasteiger partial charge in [-0.1, -0.05) is 46.3 Å².